The van der Waals surface area contributed by atoms with Crippen molar-refractivity contribution in [2.24, 2.45) is 117 Å². The van der Waals surface area contributed by atoms with Crippen LogP contribution in [0.15, 0.2) is 0 Å². The van der Waals surface area contributed by atoms with Gasteiger partial charge in [0.15, 0.2) is 6.71 Å². The Balaban J connectivity index is 0.772. The number of likely N-dealkylation sites (tertiary alicyclic amines) is 1. The Labute approximate surface area is 544 Å². The molecule has 3 nitrogen and oxygen atoms in total. The van der Waals surface area contributed by atoms with Gasteiger partial charge in [-0.3, -0.25) is 14.7 Å². The van der Waals surface area contributed by atoms with Crippen LogP contribution in [0.2, 0.25) is 17.5 Å². The van der Waals surface area contributed by atoms with Crippen molar-refractivity contribution in [1.29, 1.82) is 0 Å². The molecule has 0 bridgehead atoms. The van der Waals surface area contributed by atoms with Crippen molar-refractivity contribution in [3.05, 3.63) is 0 Å². The molecular formula is C84H140BN3. The molecule has 0 spiro atoms. The Morgan fingerprint density at radius 2 is 0.625 bits per heavy atom. The van der Waals surface area contributed by atoms with Gasteiger partial charge >= 0.3 is 0 Å². The Bertz CT molecular complexity index is 2290. The van der Waals surface area contributed by atoms with Crippen molar-refractivity contribution in [3.63, 3.8) is 0 Å². The molecule has 494 valence electrons. The molecule has 14 saturated carbocycles. The molecule has 3 heterocycles. The van der Waals surface area contributed by atoms with Gasteiger partial charge in [0.1, 0.15) is 0 Å². The molecule has 23 atom stereocenters. The van der Waals surface area contributed by atoms with E-state index in [-0.39, 0.29) is 0 Å². The average Bonchev–Trinajstić information content (AvgIpc) is 0.844. The average molecular weight is 1200 g/mol. The summed E-state index contributed by atoms with van der Waals surface area (Å²) in [6.45, 7) is 17.1. The SMILES string of the molecule is CC(C)(C)C1CC2CCC3CC(C(C)(C)C)CC4C(C5CCC6B7C8CCC(C9CCCCC9)CC8N(C8CCC(C9CCCCC9)CC8)C8CC(N9C%10CCCCC%10C%10CCCCC%109)CC(C78)N(C7CCC(C8CCCCC8)CC7)C6C5)CC(C1)C2C34. The number of fused-ring (bicyclic) bond motifs is 7. The molecule has 3 saturated heterocycles. The summed E-state index contributed by atoms with van der Waals surface area (Å²) < 4.78 is 0. The van der Waals surface area contributed by atoms with Crippen molar-refractivity contribution in [2.75, 3.05) is 0 Å². The highest BCUT2D eigenvalue weighted by atomic mass is 15.3. The van der Waals surface area contributed by atoms with Crippen LogP contribution in [0.3, 0.4) is 0 Å². The lowest BCUT2D eigenvalue weighted by Crippen LogP contribution is -2.76. The summed E-state index contributed by atoms with van der Waals surface area (Å²) in [6.07, 6.45) is 72.5. The van der Waals surface area contributed by atoms with Gasteiger partial charge in [-0.05, 0) is 282 Å². The zero-order valence-corrected chi connectivity index (χ0v) is 58.8. The summed E-state index contributed by atoms with van der Waals surface area (Å²) in [5.74, 6) is 21.4. The van der Waals surface area contributed by atoms with Gasteiger partial charge in [-0.1, -0.05) is 189 Å². The maximum Gasteiger partial charge on any atom is 0.156 e. The highest BCUT2D eigenvalue weighted by Gasteiger charge is 2.68. The van der Waals surface area contributed by atoms with Crippen molar-refractivity contribution in [1.82, 2.24) is 14.7 Å². The topological polar surface area (TPSA) is 9.72 Å². The maximum atomic E-state index is 3.79. The molecule has 88 heavy (non-hydrogen) atoms. The van der Waals surface area contributed by atoms with E-state index < -0.39 is 0 Å². The normalized spacial score (nSPS) is 51.1. The van der Waals surface area contributed by atoms with Crippen LogP contribution in [0.25, 0.3) is 0 Å². The molecule has 23 unspecified atom stereocenters. The highest BCUT2D eigenvalue weighted by Crippen LogP contribution is 2.70. The Morgan fingerprint density at radius 1 is 0.239 bits per heavy atom. The second-order valence-corrected chi connectivity index (χ2v) is 40.4. The number of nitrogens with zero attached hydrogens (tertiary/aromatic N) is 3. The van der Waals surface area contributed by atoms with Gasteiger partial charge in [0.25, 0.3) is 0 Å². The molecule has 17 aliphatic rings. The van der Waals surface area contributed by atoms with E-state index in [0.717, 1.165) is 185 Å². The minimum atomic E-state index is 0.450. The van der Waals surface area contributed by atoms with Crippen LogP contribution in [-0.2, 0) is 0 Å². The molecule has 0 aromatic rings. The second kappa shape index (κ2) is 25.1. The lowest BCUT2D eigenvalue weighted by atomic mass is 9.18. The van der Waals surface area contributed by atoms with Crippen molar-refractivity contribution in [2.45, 2.75) is 409 Å². The molecule has 17 rings (SSSR count). The van der Waals surface area contributed by atoms with E-state index in [0.29, 0.717) is 10.8 Å². The summed E-state index contributed by atoms with van der Waals surface area (Å²) in [5.41, 5.74) is 0.911. The van der Waals surface area contributed by atoms with Gasteiger partial charge in [-0.2, -0.15) is 0 Å². The zero-order valence-electron chi connectivity index (χ0n) is 58.8. The Kier molecular flexibility index (Phi) is 17.6. The predicted octanol–water partition coefficient (Wildman–Crippen LogP) is 22.2. The van der Waals surface area contributed by atoms with Crippen LogP contribution in [0.5, 0.6) is 0 Å². The largest absolute Gasteiger partial charge is 0.295 e. The van der Waals surface area contributed by atoms with E-state index in [2.05, 4.69) is 56.2 Å². The first kappa shape index (κ1) is 61.5. The quantitative estimate of drug-likeness (QED) is 0.235. The lowest BCUT2D eigenvalue weighted by Gasteiger charge is -2.71. The smallest absolute Gasteiger partial charge is 0.156 e. The fourth-order valence-corrected chi connectivity index (χ4v) is 31.7. The summed E-state index contributed by atoms with van der Waals surface area (Å²) >= 11 is 0. The third-order valence-electron chi connectivity index (χ3n) is 35.3. The molecule has 17 fully saturated rings. The van der Waals surface area contributed by atoms with Gasteiger partial charge in [0.05, 0.1) is 0 Å². The standard InChI is InChI=1S/C84H140BN3/c1-83(2,3)63-44-60-30-31-61-45-64(84(4,5)6)50-71-70(47-62(46-63)80(60)81(61)71)59-37-43-73-77(49-59)87(66-40-34-57(35-41-66)54-22-12-8-13-23-54)79-52-67(88-74-28-18-16-26-68(74)69-27-17-19-29-75(69)88)51-78-82(79)85(73)72-42-36-58(55-24-14-9-15-25-55)48-76(72)86(78)65-38-32-56(33-39-65)53-20-10-7-11-21-53/h53-82H,7-52H2,1-6H3. The van der Waals surface area contributed by atoms with E-state index in [1.807, 2.05) is 0 Å². The Morgan fingerprint density at radius 3 is 1.14 bits per heavy atom. The molecule has 0 aromatic carbocycles. The summed E-state index contributed by atoms with van der Waals surface area (Å²) in [4.78, 5) is 11.1. The van der Waals surface area contributed by atoms with Crippen molar-refractivity contribution >= 4 is 6.71 Å². The van der Waals surface area contributed by atoms with E-state index in [9.17, 15) is 0 Å². The highest BCUT2D eigenvalue weighted by molar-refractivity contribution is 6.65. The van der Waals surface area contributed by atoms with Gasteiger partial charge in [0.2, 0.25) is 0 Å². The molecule has 0 aromatic heterocycles. The fraction of sp³-hybridized carbons (Fsp3) is 1.00. The Hall–Kier alpha value is -0.0551. The predicted molar refractivity (Wildman–Crippen MR) is 371 cm³/mol. The molecular weight excluding hydrogens is 1060 g/mol. The van der Waals surface area contributed by atoms with Gasteiger partial charge in [-0.15, -0.1) is 0 Å². The summed E-state index contributed by atoms with van der Waals surface area (Å²) in [5, 5.41) is 0. The van der Waals surface area contributed by atoms with Crippen LogP contribution in [0, 0.1) is 117 Å². The van der Waals surface area contributed by atoms with Gasteiger partial charge in [0, 0.05) is 54.4 Å². The number of hydrogen-bond acceptors (Lipinski definition) is 3. The molecule has 14 aliphatic carbocycles. The van der Waals surface area contributed by atoms with Crippen LogP contribution >= 0.6 is 0 Å². The van der Waals surface area contributed by atoms with E-state index in [1.54, 1.807) is 238 Å². The minimum Gasteiger partial charge on any atom is -0.295 e. The summed E-state index contributed by atoms with van der Waals surface area (Å²) in [7, 11) is 0. The minimum absolute atomic E-state index is 0.450. The molecule has 0 amide bonds. The van der Waals surface area contributed by atoms with Crippen LogP contribution in [0.4, 0.5) is 0 Å². The van der Waals surface area contributed by atoms with Crippen LogP contribution in [-0.4, -0.2) is 75.8 Å². The number of hydrogen-bond donors (Lipinski definition) is 0. The van der Waals surface area contributed by atoms with Gasteiger partial charge < -0.3 is 0 Å². The van der Waals surface area contributed by atoms with Crippen LogP contribution in [0.1, 0.15) is 337 Å². The van der Waals surface area contributed by atoms with E-state index >= 15 is 0 Å². The first-order valence-corrected chi connectivity index (χ1v) is 42.2. The fourth-order valence-electron chi connectivity index (χ4n) is 31.7. The summed E-state index contributed by atoms with van der Waals surface area (Å²) in [6, 6.07) is 7.88. The van der Waals surface area contributed by atoms with Gasteiger partial charge in [-0.25, -0.2) is 0 Å². The second-order valence-electron chi connectivity index (χ2n) is 40.4. The number of rotatable bonds is 7. The van der Waals surface area contributed by atoms with E-state index in [4.69, 9.17) is 0 Å². The van der Waals surface area contributed by atoms with Crippen LogP contribution < -0.4 is 0 Å². The monoisotopic (exact) mass is 1200 g/mol. The molecule has 4 heteroatoms. The lowest BCUT2D eigenvalue weighted by molar-refractivity contribution is -0.155. The van der Waals surface area contributed by atoms with E-state index in [1.165, 1.54) is 57.8 Å². The third-order valence-corrected chi connectivity index (χ3v) is 35.3. The zero-order chi connectivity index (χ0) is 59.2. The molecule has 3 aliphatic heterocycles. The first-order valence-electron chi connectivity index (χ1n) is 42.2. The third kappa shape index (κ3) is 11.0. The maximum absolute atomic E-state index is 3.79. The van der Waals surface area contributed by atoms with Crippen molar-refractivity contribution in [3.8, 4) is 0 Å². The molecule has 0 N–H and O–H groups in total. The van der Waals surface area contributed by atoms with Crippen molar-refractivity contribution < 1.29 is 0 Å². The first-order chi connectivity index (χ1) is 42.9. The molecule has 0 radical (unpaired) electrons.